The second-order valence-electron chi connectivity index (χ2n) is 8.52. The van der Waals surface area contributed by atoms with Crippen LogP contribution in [-0.2, 0) is 14.8 Å². The van der Waals surface area contributed by atoms with E-state index in [0.29, 0.717) is 27.5 Å². The van der Waals surface area contributed by atoms with Gasteiger partial charge >= 0.3 is 0 Å². The summed E-state index contributed by atoms with van der Waals surface area (Å²) < 4.78 is 26.1. The van der Waals surface area contributed by atoms with Crippen molar-refractivity contribution in [2.75, 3.05) is 22.4 Å². The minimum absolute atomic E-state index is 0.0714. The molecule has 2 N–H and O–H groups in total. The van der Waals surface area contributed by atoms with Crippen LogP contribution >= 0.6 is 11.6 Å². The van der Waals surface area contributed by atoms with Gasteiger partial charge in [-0.15, -0.1) is 0 Å². The Balaban J connectivity index is 1.64. The molecule has 2 amide bonds. The van der Waals surface area contributed by atoms with Crippen LogP contribution < -0.4 is 14.9 Å². The van der Waals surface area contributed by atoms with Crippen LogP contribution in [0.15, 0.2) is 72.8 Å². The number of hydrogen-bond donors (Lipinski definition) is 2. The zero-order valence-corrected chi connectivity index (χ0v) is 22.1. The molecule has 9 heteroatoms. The molecule has 3 aromatic rings. The number of carbonyl (C=O) groups excluding carboxylic acids is 2. The van der Waals surface area contributed by atoms with Gasteiger partial charge in [-0.05, 0) is 55.7 Å². The molecular formula is C27H30ClN3O4S. The zero-order valence-electron chi connectivity index (χ0n) is 20.5. The first-order valence-electron chi connectivity index (χ1n) is 11.6. The van der Waals surface area contributed by atoms with Crippen LogP contribution in [0.5, 0.6) is 0 Å². The van der Waals surface area contributed by atoms with Gasteiger partial charge in [-0.2, -0.15) is 0 Å². The number of hydrogen-bond acceptors (Lipinski definition) is 4. The van der Waals surface area contributed by atoms with Gasteiger partial charge in [-0.1, -0.05) is 60.1 Å². The summed E-state index contributed by atoms with van der Waals surface area (Å²) in [6, 6.07) is 21.2. The molecule has 0 unspecified atom stereocenters. The van der Waals surface area contributed by atoms with E-state index in [1.165, 1.54) is 4.31 Å². The van der Waals surface area contributed by atoms with Crippen LogP contribution in [0.1, 0.15) is 47.3 Å². The molecule has 0 bridgehead atoms. The number of anilines is 2. The summed E-state index contributed by atoms with van der Waals surface area (Å²) in [5, 5.41) is 6.21. The first-order chi connectivity index (χ1) is 17.1. The molecule has 0 saturated carbocycles. The standard InChI is InChI=1S/C27H30ClN3O4S/c1-19-23(28)14-9-16-25(19)31(36(3,34)35)18-10-17-26(32)30-24-15-8-7-13-22(24)27(33)29-20(2)21-11-5-4-6-12-21/h4-9,11-16,20H,10,17-18H2,1-3H3,(H,29,33)(H,30,32)/t20-/m1/s1. The largest absolute Gasteiger partial charge is 0.345 e. The van der Waals surface area contributed by atoms with Crippen molar-refractivity contribution in [2.45, 2.75) is 32.7 Å². The topological polar surface area (TPSA) is 95.6 Å². The molecule has 0 aliphatic rings. The molecule has 3 aromatic carbocycles. The number of carbonyl (C=O) groups is 2. The Bertz CT molecular complexity index is 1330. The first kappa shape index (κ1) is 27.2. The lowest BCUT2D eigenvalue weighted by atomic mass is 10.1. The van der Waals surface area contributed by atoms with E-state index in [4.69, 9.17) is 11.6 Å². The lowest BCUT2D eigenvalue weighted by Crippen LogP contribution is -2.32. The van der Waals surface area contributed by atoms with Crippen molar-refractivity contribution in [1.29, 1.82) is 0 Å². The summed E-state index contributed by atoms with van der Waals surface area (Å²) in [6.45, 7) is 3.76. The minimum Gasteiger partial charge on any atom is -0.345 e. The Labute approximate surface area is 217 Å². The minimum atomic E-state index is -3.58. The molecule has 0 heterocycles. The van der Waals surface area contributed by atoms with Gasteiger partial charge < -0.3 is 10.6 Å². The van der Waals surface area contributed by atoms with E-state index in [1.807, 2.05) is 37.3 Å². The van der Waals surface area contributed by atoms with E-state index in [2.05, 4.69) is 10.6 Å². The summed E-state index contributed by atoms with van der Waals surface area (Å²) in [7, 11) is -3.58. The van der Waals surface area contributed by atoms with Crippen molar-refractivity contribution in [3.63, 3.8) is 0 Å². The Morgan fingerprint density at radius 2 is 1.64 bits per heavy atom. The van der Waals surface area contributed by atoms with Crippen molar-refractivity contribution < 1.29 is 18.0 Å². The number of rotatable bonds is 10. The quantitative estimate of drug-likeness (QED) is 0.373. The van der Waals surface area contributed by atoms with E-state index in [9.17, 15) is 18.0 Å². The molecule has 0 radical (unpaired) electrons. The highest BCUT2D eigenvalue weighted by Crippen LogP contribution is 2.28. The predicted molar refractivity (Wildman–Crippen MR) is 145 cm³/mol. The third-order valence-electron chi connectivity index (χ3n) is 5.77. The third-order valence-corrected chi connectivity index (χ3v) is 7.36. The first-order valence-corrected chi connectivity index (χ1v) is 13.8. The van der Waals surface area contributed by atoms with E-state index in [0.717, 1.165) is 11.8 Å². The summed E-state index contributed by atoms with van der Waals surface area (Å²) in [5.74, 6) is -0.621. The van der Waals surface area contributed by atoms with Gasteiger partial charge in [0, 0.05) is 18.0 Å². The second-order valence-corrected chi connectivity index (χ2v) is 10.8. The Morgan fingerprint density at radius 3 is 2.33 bits per heavy atom. The van der Waals surface area contributed by atoms with E-state index in [-0.39, 0.29) is 37.2 Å². The smallest absolute Gasteiger partial charge is 0.253 e. The Morgan fingerprint density at radius 1 is 0.972 bits per heavy atom. The fraction of sp³-hybridized carbons (Fsp3) is 0.259. The average molecular weight is 528 g/mol. The van der Waals surface area contributed by atoms with Crippen LogP contribution in [0.25, 0.3) is 0 Å². The fourth-order valence-electron chi connectivity index (χ4n) is 3.82. The number of amides is 2. The summed E-state index contributed by atoms with van der Waals surface area (Å²) in [6.07, 6.45) is 1.48. The molecule has 190 valence electrons. The van der Waals surface area contributed by atoms with Gasteiger partial charge in [0.1, 0.15) is 0 Å². The van der Waals surface area contributed by atoms with Gasteiger partial charge in [-0.3, -0.25) is 13.9 Å². The average Bonchev–Trinajstić information content (AvgIpc) is 2.84. The molecule has 7 nitrogen and oxygen atoms in total. The van der Waals surface area contributed by atoms with Crippen molar-refractivity contribution in [3.05, 3.63) is 94.5 Å². The molecule has 0 aliphatic heterocycles. The van der Waals surface area contributed by atoms with Gasteiger partial charge in [0.2, 0.25) is 15.9 Å². The number of halogens is 1. The molecule has 1 atom stereocenters. The van der Waals surface area contributed by atoms with E-state index in [1.54, 1.807) is 49.4 Å². The molecular weight excluding hydrogens is 498 g/mol. The molecule has 0 fully saturated rings. The summed E-state index contributed by atoms with van der Waals surface area (Å²) >= 11 is 6.17. The third kappa shape index (κ3) is 7.08. The molecule has 0 aliphatic carbocycles. The normalized spacial score (nSPS) is 12.0. The predicted octanol–water partition coefficient (Wildman–Crippen LogP) is 5.32. The lowest BCUT2D eigenvalue weighted by Gasteiger charge is -2.24. The maximum atomic E-state index is 12.9. The summed E-state index contributed by atoms with van der Waals surface area (Å²) in [4.78, 5) is 25.6. The van der Waals surface area contributed by atoms with E-state index >= 15 is 0 Å². The highest BCUT2D eigenvalue weighted by atomic mass is 35.5. The van der Waals surface area contributed by atoms with Crippen LogP contribution in [0.3, 0.4) is 0 Å². The number of nitrogens with zero attached hydrogens (tertiary/aromatic N) is 1. The SMILES string of the molecule is Cc1c(Cl)cccc1N(CCCC(=O)Nc1ccccc1C(=O)N[C@H](C)c1ccccc1)S(C)(=O)=O. The molecule has 0 saturated heterocycles. The lowest BCUT2D eigenvalue weighted by molar-refractivity contribution is -0.116. The van der Waals surface area contributed by atoms with Crippen molar-refractivity contribution in [2.24, 2.45) is 0 Å². The van der Waals surface area contributed by atoms with Crippen LogP contribution in [-0.4, -0.2) is 33.0 Å². The van der Waals surface area contributed by atoms with Crippen molar-refractivity contribution in [1.82, 2.24) is 5.32 Å². The molecule has 0 spiro atoms. The summed E-state index contributed by atoms with van der Waals surface area (Å²) in [5.41, 5.74) is 2.85. The van der Waals surface area contributed by atoms with Gasteiger partial charge in [0.25, 0.3) is 5.91 Å². The number of nitrogens with one attached hydrogen (secondary N) is 2. The van der Waals surface area contributed by atoms with Crippen LogP contribution in [0.4, 0.5) is 11.4 Å². The molecule has 0 aromatic heterocycles. The molecule has 3 rings (SSSR count). The van der Waals surface area contributed by atoms with Crippen molar-refractivity contribution in [3.8, 4) is 0 Å². The second kappa shape index (κ2) is 12.1. The Kier molecular flexibility index (Phi) is 9.12. The zero-order chi connectivity index (χ0) is 26.3. The van der Waals surface area contributed by atoms with Gasteiger partial charge in [0.05, 0.1) is 29.2 Å². The molecule has 36 heavy (non-hydrogen) atoms. The number of para-hydroxylation sites is 1. The number of benzene rings is 3. The van der Waals surface area contributed by atoms with Crippen LogP contribution in [0.2, 0.25) is 5.02 Å². The highest BCUT2D eigenvalue weighted by molar-refractivity contribution is 7.92. The monoisotopic (exact) mass is 527 g/mol. The number of sulfonamides is 1. The van der Waals surface area contributed by atoms with Crippen LogP contribution in [0, 0.1) is 6.92 Å². The van der Waals surface area contributed by atoms with Crippen molar-refractivity contribution >= 4 is 44.8 Å². The maximum absolute atomic E-state index is 12.9. The fourth-order valence-corrected chi connectivity index (χ4v) is 5.00. The van der Waals surface area contributed by atoms with E-state index < -0.39 is 10.0 Å². The highest BCUT2D eigenvalue weighted by Gasteiger charge is 2.21. The maximum Gasteiger partial charge on any atom is 0.253 e. The van der Waals surface area contributed by atoms with Gasteiger partial charge in [0.15, 0.2) is 0 Å². The van der Waals surface area contributed by atoms with Gasteiger partial charge in [-0.25, -0.2) is 8.42 Å². The Hall–Kier alpha value is -3.36.